The van der Waals surface area contributed by atoms with E-state index in [9.17, 15) is 9.90 Å². The molecule has 1 aromatic rings. The van der Waals surface area contributed by atoms with Crippen molar-refractivity contribution in [3.05, 3.63) is 42.2 Å². The third-order valence-electron chi connectivity index (χ3n) is 3.70. The van der Waals surface area contributed by atoms with Crippen LogP contribution in [0.4, 0.5) is 0 Å². The predicted octanol–water partition coefficient (Wildman–Crippen LogP) is 2.33. The number of ether oxygens (including phenoxy) is 1. The van der Waals surface area contributed by atoms with Crippen LogP contribution in [-0.2, 0) is 9.53 Å². The number of aromatic nitrogens is 1. The van der Waals surface area contributed by atoms with Crippen LogP contribution in [0.1, 0.15) is 37.4 Å². The molecule has 1 saturated heterocycles. The Morgan fingerprint density at radius 1 is 1.43 bits per heavy atom. The highest BCUT2D eigenvalue weighted by Gasteiger charge is 2.36. The maximum absolute atomic E-state index is 10.4. The van der Waals surface area contributed by atoms with Crippen LogP contribution in [0, 0.1) is 5.92 Å². The molecule has 2 N–H and O–H groups in total. The van der Waals surface area contributed by atoms with Gasteiger partial charge in [-0.2, -0.15) is 0 Å². The Morgan fingerprint density at radius 2 is 2.24 bits per heavy atom. The summed E-state index contributed by atoms with van der Waals surface area (Å²) in [5.74, 6) is -0.728. The van der Waals surface area contributed by atoms with Gasteiger partial charge in [-0.05, 0) is 30.9 Å². The molecule has 2 heterocycles. The molecular weight excluding hydrogens is 270 g/mol. The van der Waals surface area contributed by atoms with Crippen molar-refractivity contribution in [1.82, 2.24) is 4.98 Å². The van der Waals surface area contributed by atoms with E-state index in [1.54, 1.807) is 12.4 Å². The molecule has 0 unspecified atom stereocenters. The highest BCUT2D eigenvalue weighted by Crippen LogP contribution is 2.37. The van der Waals surface area contributed by atoms with Gasteiger partial charge in [-0.25, -0.2) is 0 Å². The molecule has 0 spiro atoms. The van der Waals surface area contributed by atoms with Crippen molar-refractivity contribution < 1.29 is 19.7 Å². The van der Waals surface area contributed by atoms with Crippen LogP contribution in [0.15, 0.2) is 36.7 Å². The van der Waals surface area contributed by atoms with Crippen LogP contribution in [-0.4, -0.2) is 33.9 Å². The van der Waals surface area contributed by atoms with Crippen LogP contribution in [0.25, 0.3) is 0 Å². The van der Waals surface area contributed by atoms with Gasteiger partial charge in [-0.15, -0.1) is 0 Å². The van der Waals surface area contributed by atoms with E-state index in [1.807, 2.05) is 24.3 Å². The van der Waals surface area contributed by atoms with E-state index in [2.05, 4.69) is 4.98 Å². The monoisotopic (exact) mass is 291 g/mol. The van der Waals surface area contributed by atoms with Gasteiger partial charge >= 0.3 is 5.97 Å². The smallest absolute Gasteiger partial charge is 0.303 e. The van der Waals surface area contributed by atoms with E-state index >= 15 is 0 Å². The van der Waals surface area contributed by atoms with E-state index in [1.165, 1.54) is 0 Å². The molecule has 1 aromatic heterocycles. The Hall–Kier alpha value is -1.72. The van der Waals surface area contributed by atoms with Gasteiger partial charge in [-0.3, -0.25) is 9.78 Å². The zero-order chi connectivity index (χ0) is 15.1. The zero-order valence-corrected chi connectivity index (χ0v) is 11.9. The maximum atomic E-state index is 10.4. The maximum Gasteiger partial charge on any atom is 0.303 e. The number of pyridine rings is 1. The second kappa shape index (κ2) is 7.90. The van der Waals surface area contributed by atoms with E-state index in [0.29, 0.717) is 13.0 Å². The first-order chi connectivity index (χ1) is 10.2. The first kappa shape index (κ1) is 15.7. The number of aliphatic carboxylic acids is 1. The fourth-order valence-corrected chi connectivity index (χ4v) is 2.61. The van der Waals surface area contributed by atoms with Gasteiger partial charge in [0, 0.05) is 24.7 Å². The first-order valence-corrected chi connectivity index (χ1v) is 7.25. The van der Waals surface area contributed by atoms with Gasteiger partial charge in [0.15, 0.2) is 0 Å². The minimum Gasteiger partial charge on any atom is -0.481 e. The van der Waals surface area contributed by atoms with Gasteiger partial charge in [0.1, 0.15) is 0 Å². The molecule has 21 heavy (non-hydrogen) atoms. The Kier molecular flexibility index (Phi) is 5.90. The van der Waals surface area contributed by atoms with Crippen molar-refractivity contribution in [1.29, 1.82) is 0 Å². The van der Waals surface area contributed by atoms with E-state index in [0.717, 1.165) is 18.4 Å². The topological polar surface area (TPSA) is 79.7 Å². The molecule has 0 aromatic carbocycles. The number of hydrogen-bond donors (Lipinski definition) is 2. The number of carbonyl (C=O) groups is 1. The third kappa shape index (κ3) is 4.65. The summed E-state index contributed by atoms with van der Waals surface area (Å²) in [6.07, 6.45) is 9.11. The number of aliphatic hydroxyl groups excluding tert-OH is 1. The normalized spacial score (nSPS) is 25.5. The number of carboxylic acid groups (broad SMARTS) is 1. The van der Waals surface area contributed by atoms with Gasteiger partial charge < -0.3 is 14.9 Å². The van der Waals surface area contributed by atoms with E-state index < -0.39 is 12.1 Å². The molecule has 3 atom stereocenters. The number of allylic oxidation sites excluding steroid dienone is 2. The highest BCUT2D eigenvalue weighted by molar-refractivity contribution is 5.66. The molecule has 114 valence electrons. The van der Waals surface area contributed by atoms with E-state index in [4.69, 9.17) is 9.84 Å². The third-order valence-corrected chi connectivity index (χ3v) is 3.70. The summed E-state index contributed by atoms with van der Waals surface area (Å²) in [5, 5.41) is 18.6. The first-order valence-electron chi connectivity index (χ1n) is 7.25. The Morgan fingerprint density at radius 3 is 2.95 bits per heavy atom. The average Bonchev–Trinajstić information content (AvgIpc) is 2.84. The Bertz CT molecular complexity index is 474. The summed E-state index contributed by atoms with van der Waals surface area (Å²) >= 11 is 0. The van der Waals surface area contributed by atoms with Crippen molar-refractivity contribution in [2.24, 2.45) is 5.92 Å². The second-order valence-electron chi connectivity index (χ2n) is 5.25. The van der Waals surface area contributed by atoms with Crippen LogP contribution in [0.3, 0.4) is 0 Å². The lowest BCUT2D eigenvalue weighted by molar-refractivity contribution is -0.136. The van der Waals surface area contributed by atoms with E-state index in [-0.39, 0.29) is 18.4 Å². The molecule has 0 aliphatic carbocycles. The molecule has 0 bridgehead atoms. The van der Waals surface area contributed by atoms with Gasteiger partial charge in [0.2, 0.25) is 0 Å². The fraction of sp³-hybridized carbons (Fsp3) is 0.500. The van der Waals surface area contributed by atoms with Crippen molar-refractivity contribution in [3.63, 3.8) is 0 Å². The second-order valence-corrected chi connectivity index (χ2v) is 5.25. The lowest BCUT2D eigenvalue weighted by Gasteiger charge is -2.19. The van der Waals surface area contributed by atoms with Crippen LogP contribution < -0.4 is 0 Å². The number of hydrogen-bond acceptors (Lipinski definition) is 4. The summed E-state index contributed by atoms with van der Waals surface area (Å²) in [5.41, 5.74) is 0.994. The molecule has 0 saturated carbocycles. The summed E-state index contributed by atoms with van der Waals surface area (Å²) in [6, 6.07) is 3.83. The molecule has 1 aliphatic rings. The molecule has 2 rings (SSSR count). The number of rotatable bonds is 7. The van der Waals surface area contributed by atoms with Gasteiger partial charge in [0.05, 0.1) is 18.8 Å². The van der Waals surface area contributed by atoms with Crippen LogP contribution in [0.2, 0.25) is 0 Å². The number of aliphatic hydroxyl groups is 1. The molecule has 5 heteroatoms. The number of carboxylic acids is 1. The summed E-state index contributed by atoms with van der Waals surface area (Å²) < 4.78 is 5.68. The van der Waals surface area contributed by atoms with Crippen LogP contribution >= 0.6 is 0 Å². The van der Waals surface area contributed by atoms with Crippen LogP contribution in [0.5, 0.6) is 0 Å². The Labute approximate surface area is 124 Å². The molecule has 5 nitrogen and oxygen atoms in total. The molecule has 0 amide bonds. The lowest BCUT2D eigenvalue weighted by Crippen LogP contribution is -2.19. The SMILES string of the molecule is O=C(O)CC/C=C\CC[C@@H]1[C@@H](c2cccnc2)OC[C@@H]1O. The lowest BCUT2D eigenvalue weighted by atomic mass is 9.90. The van der Waals surface area contributed by atoms with Crippen molar-refractivity contribution in [2.75, 3.05) is 6.61 Å². The molecule has 1 fully saturated rings. The summed E-state index contributed by atoms with van der Waals surface area (Å²) in [4.78, 5) is 14.5. The van der Waals surface area contributed by atoms with Crippen molar-refractivity contribution >= 4 is 5.97 Å². The minimum atomic E-state index is -0.782. The Balaban J connectivity index is 1.84. The largest absolute Gasteiger partial charge is 0.481 e. The van der Waals surface area contributed by atoms with Crippen molar-refractivity contribution in [3.8, 4) is 0 Å². The summed E-state index contributed by atoms with van der Waals surface area (Å²) in [6.45, 7) is 0.354. The molecule has 0 radical (unpaired) electrons. The minimum absolute atomic E-state index is 0.0540. The molecule has 1 aliphatic heterocycles. The standard InChI is InChI=1S/C16H21NO4/c18-14-11-21-16(12-6-5-9-17-10-12)13(14)7-3-1-2-4-8-15(19)20/h1-2,5-6,9-10,13-14,16,18H,3-4,7-8,11H2,(H,19,20)/b2-1-/t13-,14-,16+/m0/s1. The predicted molar refractivity (Wildman–Crippen MR) is 77.7 cm³/mol. The number of nitrogens with zero attached hydrogens (tertiary/aromatic N) is 1. The highest BCUT2D eigenvalue weighted by atomic mass is 16.5. The fourth-order valence-electron chi connectivity index (χ4n) is 2.61. The average molecular weight is 291 g/mol. The summed E-state index contributed by atoms with van der Waals surface area (Å²) in [7, 11) is 0. The van der Waals surface area contributed by atoms with Gasteiger partial charge in [-0.1, -0.05) is 18.2 Å². The molecular formula is C16H21NO4. The van der Waals surface area contributed by atoms with Gasteiger partial charge in [0.25, 0.3) is 0 Å². The zero-order valence-electron chi connectivity index (χ0n) is 11.9. The van der Waals surface area contributed by atoms with Crippen molar-refractivity contribution in [2.45, 2.75) is 37.9 Å². The quantitative estimate of drug-likeness (QED) is 0.754.